The highest BCUT2D eigenvalue weighted by atomic mass is 16.5. The van der Waals surface area contributed by atoms with Gasteiger partial charge < -0.3 is 25.4 Å². The van der Waals surface area contributed by atoms with Crippen LogP contribution in [0.25, 0.3) is 0 Å². The van der Waals surface area contributed by atoms with Gasteiger partial charge in [0.2, 0.25) is 5.91 Å². The Morgan fingerprint density at radius 2 is 2.07 bits per heavy atom. The van der Waals surface area contributed by atoms with Crippen molar-refractivity contribution >= 4 is 11.9 Å². The van der Waals surface area contributed by atoms with Gasteiger partial charge in [-0.3, -0.25) is 4.79 Å². The Kier molecular flexibility index (Phi) is 8.67. The van der Waals surface area contributed by atoms with Gasteiger partial charge in [0.1, 0.15) is 11.5 Å². The molecule has 1 aliphatic carbocycles. The van der Waals surface area contributed by atoms with Crippen molar-refractivity contribution < 1.29 is 14.1 Å². The van der Waals surface area contributed by atoms with E-state index in [1.54, 1.807) is 25.4 Å². The molecule has 150 valence electrons. The van der Waals surface area contributed by atoms with Crippen molar-refractivity contribution in [2.24, 2.45) is 5.92 Å². The minimum absolute atomic E-state index is 0.0176. The molecular formula is C19H31N5O3. The number of hydrogen-bond acceptors (Lipinski definition) is 5. The van der Waals surface area contributed by atoms with Crippen molar-refractivity contribution in [3.8, 4) is 0 Å². The molecule has 1 aliphatic rings. The number of urea groups is 1. The summed E-state index contributed by atoms with van der Waals surface area (Å²) >= 11 is 0. The molecule has 0 bridgehead atoms. The van der Waals surface area contributed by atoms with E-state index in [1.165, 1.54) is 11.3 Å². The highest BCUT2D eigenvalue weighted by Crippen LogP contribution is 2.23. The molecule has 0 spiro atoms. The summed E-state index contributed by atoms with van der Waals surface area (Å²) in [7, 11) is 0. The number of carbonyl (C=O) groups is 2. The SMILES string of the molecule is CCCN/C=C/NC(=O)N(CNC(=O)C1CCCCC1)Cc1cc(C)on1. The Morgan fingerprint density at radius 1 is 1.30 bits per heavy atom. The Labute approximate surface area is 160 Å². The summed E-state index contributed by atoms with van der Waals surface area (Å²) in [6, 6.07) is 1.47. The Balaban J connectivity index is 1.90. The largest absolute Gasteiger partial charge is 0.390 e. The summed E-state index contributed by atoms with van der Waals surface area (Å²) in [5.74, 6) is 0.750. The molecule has 0 radical (unpaired) electrons. The molecule has 1 saturated carbocycles. The van der Waals surface area contributed by atoms with Crippen LogP contribution in [-0.2, 0) is 11.3 Å². The van der Waals surface area contributed by atoms with E-state index in [0.717, 1.165) is 38.6 Å². The van der Waals surface area contributed by atoms with E-state index in [4.69, 9.17) is 4.52 Å². The first kappa shape index (κ1) is 20.8. The minimum atomic E-state index is -0.311. The highest BCUT2D eigenvalue weighted by Gasteiger charge is 2.22. The third kappa shape index (κ3) is 7.32. The first-order valence-electron chi connectivity index (χ1n) is 9.74. The van der Waals surface area contributed by atoms with Crippen molar-refractivity contribution in [2.75, 3.05) is 13.2 Å². The van der Waals surface area contributed by atoms with E-state index in [2.05, 4.69) is 28.0 Å². The van der Waals surface area contributed by atoms with E-state index < -0.39 is 0 Å². The second-order valence-electron chi connectivity index (χ2n) is 6.90. The third-order valence-electron chi connectivity index (χ3n) is 4.54. The van der Waals surface area contributed by atoms with E-state index >= 15 is 0 Å². The van der Waals surface area contributed by atoms with Gasteiger partial charge in [-0.15, -0.1) is 0 Å². The van der Waals surface area contributed by atoms with E-state index in [0.29, 0.717) is 11.5 Å². The van der Waals surface area contributed by atoms with Gasteiger partial charge >= 0.3 is 6.03 Å². The second-order valence-corrected chi connectivity index (χ2v) is 6.90. The number of nitrogens with one attached hydrogen (secondary N) is 3. The van der Waals surface area contributed by atoms with Crippen LogP contribution < -0.4 is 16.0 Å². The van der Waals surface area contributed by atoms with Gasteiger partial charge in [0.25, 0.3) is 0 Å². The van der Waals surface area contributed by atoms with Crippen LogP contribution in [-0.4, -0.2) is 35.2 Å². The molecule has 1 fully saturated rings. The summed E-state index contributed by atoms with van der Waals surface area (Å²) in [6.07, 6.45) is 9.48. The zero-order valence-electron chi connectivity index (χ0n) is 16.3. The molecule has 0 saturated heterocycles. The fourth-order valence-corrected chi connectivity index (χ4v) is 3.06. The maximum Gasteiger partial charge on any atom is 0.323 e. The van der Waals surface area contributed by atoms with Crippen LogP contribution in [0.1, 0.15) is 56.9 Å². The fraction of sp³-hybridized carbons (Fsp3) is 0.632. The number of aromatic nitrogens is 1. The van der Waals surface area contributed by atoms with Crippen LogP contribution in [0.4, 0.5) is 4.79 Å². The Bertz CT molecular complexity index is 623. The summed E-state index contributed by atoms with van der Waals surface area (Å²) in [6.45, 7) is 5.09. The summed E-state index contributed by atoms with van der Waals surface area (Å²) in [5, 5.41) is 12.6. The topological polar surface area (TPSA) is 99.5 Å². The molecule has 27 heavy (non-hydrogen) atoms. The summed E-state index contributed by atoms with van der Waals surface area (Å²) < 4.78 is 5.07. The van der Waals surface area contributed by atoms with Crippen molar-refractivity contribution in [3.63, 3.8) is 0 Å². The molecular weight excluding hydrogens is 346 g/mol. The van der Waals surface area contributed by atoms with Crippen LogP contribution in [0.2, 0.25) is 0 Å². The molecule has 0 aromatic carbocycles. The average molecular weight is 377 g/mol. The van der Waals surface area contributed by atoms with Crippen LogP contribution in [0.15, 0.2) is 23.0 Å². The molecule has 0 atom stereocenters. The molecule has 1 heterocycles. The van der Waals surface area contributed by atoms with Gasteiger partial charge in [-0.2, -0.15) is 0 Å². The predicted molar refractivity (Wildman–Crippen MR) is 102 cm³/mol. The van der Waals surface area contributed by atoms with Crippen molar-refractivity contribution in [2.45, 2.75) is 58.9 Å². The highest BCUT2D eigenvalue weighted by molar-refractivity contribution is 5.80. The van der Waals surface area contributed by atoms with Gasteiger partial charge in [-0.05, 0) is 26.2 Å². The lowest BCUT2D eigenvalue weighted by Crippen LogP contribution is -2.46. The van der Waals surface area contributed by atoms with E-state index in [-0.39, 0.29) is 31.1 Å². The number of nitrogens with zero attached hydrogens (tertiary/aromatic N) is 2. The smallest absolute Gasteiger partial charge is 0.323 e. The van der Waals surface area contributed by atoms with Gasteiger partial charge in [-0.25, -0.2) is 4.79 Å². The van der Waals surface area contributed by atoms with Gasteiger partial charge in [0, 0.05) is 30.9 Å². The number of aryl methyl sites for hydroxylation is 1. The standard InChI is InChI=1S/C19H31N5O3/c1-3-9-20-10-11-21-19(26)24(13-17-12-15(2)27-23-17)14-22-18(25)16-7-5-4-6-8-16/h10-12,16,20H,3-9,13-14H2,1-2H3,(H,21,26)(H,22,25)/b11-10+. The van der Waals surface area contributed by atoms with Gasteiger partial charge in [0.15, 0.2) is 0 Å². The lowest BCUT2D eigenvalue weighted by Gasteiger charge is -2.25. The molecule has 0 aliphatic heterocycles. The summed E-state index contributed by atoms with van der Waals surface area (Å²) in [4.78, 5) is 26.4. The normalized spacial score (nSPS) is 14.9. The number of amides is 3. The van der Waals surface area contributed by atoms with Crippen molar-refractivity contribution in [3.05, 3.63) is 29.9 Å². The maximum absolute atomic E-state index is 12.5. The van der Waals surface area contributed by atoms with Gasteiger partial charge in [-0.1, -0.05) is 31.3 Å². The molecule has 0 unspecified atom stereocenters. The molecule has 2 rings (SSSR count). The lowest BCUT2D eigenvalue weighted by atomic mass is 9.89. The molecule has 1 aromatic rings. The van der Waals surface area contributed by atoms with Crippen LogP contribution in [0.3, 0.4) is 0 Å². The van der Waals surface area contributed by atoms with E-state index in [9.17, 15) is 9.59 Å². The predicted octanol–water partition coefficient (Wildman–Crippen LogP) is 2.62. The molecule has 1 aromatic heterocycles. The Morgan fingerprint density at radius 3 is 2.74 bits per heavy atom. The van der Waals surface area contributed by atoms with Crippen LogP contribution >= 0.6 is 0 Å². The number of hydrogen-bond donors (Lipinski definition) is 3. The minimum Gasteiger partial charge on any atom is -0.390 e. The fourth-order valence-electron chi connectivity index (χ4n) is 3.06. The first-order chi connectivity index (χ1) is 13.1. The van der Waals surface area contributed by atoms with Gasteiger partial charge in [0.05, 0.1) is 13.2 Å². The molecule has 3 N–H and O–H groups in total. The van der Waals surface area contributed by atoms with Crippen LogP contribution in [0.5, 0.6) is 0 Å². The zero-order chi connectivity index (χ0) is 19.5. The van der Waals surface area contributed by atoms with Crippen molar-refractivity contribution in [1.82, 2.24) is 26.0 Å². The zero-order valence-corrected chi connectivity index (χ0v) is 16.3. The Hall–Kier alpha value is -2.51. The molecule has 8 nitrogen and oxygen atoms in total. The maximum atomic E-state index is 12.5. The monoisotopic (exact) mass is 377 g/mol. The first-order valence-corrected chi connectivity index (χ1v) is 9.74. The summed E-state index contributed by atoms with van der Waals surface area (Å²) in [5.41, 5.74) is 0.641. The quantitative estimate of drug-likeness (QED) is 0.454. The average Bonchev–Trinajstić information content (AvgIpc) is 3.10. The number of rotatable bonds is 9. The third-order valence-corrected chi connectivity index (χ3v) is 4.54. The number of carbonyl (C=O) groups excluding carboxylic acids is 2. The molecule has 3 amide bonds. The van der Waals surface area contributed by atoms with Crippen LogP contribution in [0, 0.1) is 12.8 Å². The second kappa shape index (κ2) is 11.3. The van der Waals surface area contributed by atoms with Crippen molar-refractivity contribution in [1.29, 1.82) is 0 Å². The lowest BCUT2D eigenvalue weighted by molar-refractivity contribution is -0.126. The van der Waals surface area contributed by atoms with E-state index in [1.807, 2.05) is 0 Å². The molecule has 8 heteroatoms.